The lowest BCUT2D eigenvalue weighted by Gasteiger charge is -2.20. The minimum Gasteiger partial charge on any atom is -0.459 e. The molecule has 0 aromatic heterocycles. The third-order valence-corrected chi connectivity index (χ3v) is 3.82. The molecular weight excluding hydrogens is 377 g/mol. The molecule has 29 heavy (non-hydrogen) atoms. The van der Waals surface area contributed by atoms with Crippen LogP contribution in [0.15, 0.2) is 48.5 Å². The van der Waals surface area contributed by atoms with Crippen molar-refractivity contribution >= 4 is 11.9 Å². The molecule has 0 saturated carbocycles. The zero-order valence-corrected chi connectivity index (χ0v) is 16.8. The van der Waals surface area contributed by atoms with Gasteiger partial charge in [0.25, 0.3) is 0 Å². The van der Waals surface area contributed by atoms with E-state index >= 15 is 0 Å². The Hall–Kier alpha value is -2.77. The number of hydrogen-bond acceptors (Lipinski definition) is 6. The third-order valence-electron chi connectivity index (χ3n) is 3.82. The predicted molar refractivity (Wildman–Crippen MR) is 106 cm³/mol. The Morgan fingerprint density at radius 1 is 1.07 bits per heavy atom. The van der Waals surface area contributed by atoms with Gasteiger partial charge in [-0.3, -0.25) is 9.59 Å². The Balaban J connectivity index is 1.80. The number of benzene rings is 2. The molecule has 0 fully saturated rings. The first kappa shape index (κ1) is 22.5. The number of ether oxygens (including phenoxy) is 2. The van der Waals surface area contributed by atoms with E-state index in [1.165, 1.54) is 12.1 Å². The van der Waals surface area contributed by atoms with Crippen LogP contribution in [-0.2, 0) is 20.7 Å². The molecule has 1 atom stereocenters. The van der Waals surface area contributed by atoms with Gasteiger partial charge in [-0.1, -0.05) is 30.3 Å². The van der Waals surface area contributed by atoms with Crippen molar-refractivity contribution in [3.8, 4) is 5.75 Å². The topological polar surface area (TPSA) is 84.9 Å². The van der Waals surface area contributed by atoms with E-state index in [1.807, 2.05) is 0 Å². The summed E-state index contributed by atoms with van der Waals surface area (Å²) >= 11 is 0. The number of carbonyl (C=O) groups excluding carboxylic acids is 2. The van der Waals surface area contributed by atoms with Gasteiger partial charge in [-0.05, 0) is 50.1 Å². The van der Waals surface area contributed by atoms with E-state index in [4.69, 9.17) is 9.47 Å². The molecule has 2 rings (SSSR count). The first-order valence-electron chi connectivity index (χ1n) is 9.29. The van der Waals surface area contributed by atoms with Gasteiger partial charge in [0.1, 0.15) is 17.2 Å². The van der Waals surface area contributed by atoms with Gasteiger partial charge in [0.2, 0.25) is 0 Å². The smallest absolute Gasteiger partial charge is 0.320 e. The van der Waals surface area contributed by atoms with Gasteiger partial charge in [0, 0.05) is 6.54 Å². The van der Waals surface area contributed by atoms with Gasteiger partial charge >= 0.3 is 11.9 Å². The van der Waals surface area contributed by atoms with Gasteiger partial charge in [-0.2, -0.15) is 0 Å². The Morgan fingerprint density at radius 2 is 1.72 bits per heavy atom. The normalized spacial score (nSPS) is 12.3. The quantitative estimate of drug-likeness (QED) is 0.521. The highest BCUT2D eigenvalue weighted by Crippen LogP contribution is 2.18. The summed E-state index contributed by atoms with van der Waals surface area (Å²) in [6, 6.07) is 12.3. The van der Waals surface area contributed by atoms with Crippen molar-refractivity contribution in [2.24, 2.45) is 0 Å². The molecule has 0 aliphatic carbocycles. The average molecular weight is 403 g/mol. The van der Waals surface area contributed by atoms with E-state index in [0.29, 0.717) is 11.3 Å². The van der Waals surface area contributed by atoms with Gasteiger partial charge in [-0.25, -0.2) is 4.39 Å². The van der Waals surface area contributed by atoms with Crippen LogP contribution in [0.3, 0.4) is 0 Å². The second-order valence-corrected chi connectivity index (χ2v) is 7.54. The van der Waals surface area contributed by atoms with E-state index < -0.39 is 29.5 Å². The maximum atomic E-state index is 13.6. The van der Waals surface area contributed by atoms with Crippen molar-refractivity contribution in [3.05, 3.63) is 65.5 Å². The maximum Gasteiger partial charge on any atom is 0.320 e. The lowest BCUT2D eigenvalue weighted by molar-refractivity contribution is -0.153. The molecule has 156 valence electrons. The zero-order chi connectivity index (χ0) is 21.4. The lowest BCUT2D eigenvalue weighted by Crippen LogP contribution is -2.33. The molecule has 0 heterocycles. The minimum atomic E-state index is -0.847. The summed E-state index contributed by atoms with van der Waals surface area (Å²) in [6.45, 7) is 5.49. The van der Waals surface area contributed by atoms with Crippen molar-refractivity contribution < 1.29 is 28.6 Å². The number of halogens is 1. The van der Waals surface area contributed by atoms with Crippen molar-refractivity contribution in [3.63, 3.8) is 0 Å². The van der Waals surface area contributed by atoms with E-state index in [9.17, 15) is 19.1 Å². The van der Waals surface area contributed by atoms with Gasteiger partial charge in [0.15, 0.2) is 0 Å². The highest BCUT2D eigenvalue weighted by atomic mass is 19.1. The highest BCUT2D eigenvalue weighted by Gasteiger charge is 2.16. The fourth-order valence-corrected chi connectivity index (χ4v) is 2.53. The second-order valence-electron chi connectivity index (χ2n) is 7.54. The van der Waals surface area contributed by atoms with Crippen LogP contribution in [0.1, 0.15) is 38.0 Å². The number of nitrogens with one attached hydrogen (secondary N) is 1. The molecule has 0 aliphatic rings. The average Bonchev–Trinajstić information content (AvgIpc) is 2.62. The van der Waals surface area contributed by atoms with Crippen molar-refractivity contribution in [1.29, 1.82) is 0 Å². The number of aliphatic hydroxyl groups is 1. The van der Waals surface area contributed by atoms with E-state index in [2.05, 4.69) is 5.32 Å². The highest BCUT2D eigenvalue weighted by molar-refractivity contribution is 5.75. The Labute approximate surface area is 169 Å². The molecule has 0 bridgehead atoms. The van der Waals surface area contributed by atoms with Crippen LogP contribution in [0.4, 0.5) is 4.39 Å². The Morgan fingerprint density at radius 3 is 2.34 bits per heavy atom. The summed E-state index contributed by atoms with van der Waals surface area (Å²) in [5.41, 5.74) is 0.299. The monoisotopic (exact) mass is 403 g/mol. The number of carbonyl (C=O) groups is 2. The Kier molecular flexibility index (Phi) is 7.87. The molecule has 2 aromatic rings. The molecule has 0 aliphatic heterocycles. The summed E-state index contributed by atoms with van der Waals surface area (Å²) in [4.78, 5) is 23.6. The molecule has 0 amide bonds. The molecule has 0 saturated heterocycles. The second kappa shape index (κ2) is 10.1. The van der Waals surface area contributed by atoms with Gasteiger partial charge in [0.05, 0.1) is 19.1 Å². The zero-order valence-electron chi connectivity index (χ0n) is 16.8. The summed E-state index contributed by atoms with van der Waals surface area (Å²) in [5.74, 6) is -1.14. The Bertz CT molecular complexity index is 830. The summed E-state index contributed by atoms with van der Waals surface area (Å²) < 4.78 is 24.0. The SMILES string of the molecule is CC(C)(C)OC(=O)CNCC(O)c1ccc(OC(=O)Cc2ccccc2F)cc1. The fraction of sp³-hybridized carbons (Fsp3) is 0.364. The van der Waals surface area contributed by atoms with Crippen molar-refractivity contribution in [2.45, 2.75) is 38.9 Å². The van der Waals surface area contributed by atoms with Crippen LogP contribution in [0, 0.1) is 5.82 Å². The van der Waals surface area contributed by atoms with Gasteiger partial charge in [-0.15, -0.1) is 0 Å². The van der Waals surface area contributed by atoms with Gasteiger partial charge < -0.3 is 19.9 Å². The van der Waals surface area contributed by atoms with E-state index in [0.717, 1.165) is 0 Å². The van der Waals surface area contributed by atoms with E-state index in [1.54, 1.807) is 57.2 Å². The van der Waals surface area contributed by atoms with Crippen LogP contribution >= 0.6 is 0 Å². The van der Waals surface area contributed by atoms with Crippen molar-refractivity contribution in [2.75, 3.05) is 13.1 Å². The summed E-state index contributed by atoms with van der Waals surface area (Å²) in [6.07, 6.45) is -1.02. The number of aliphatic hydroxyl groups excluding tert-OH is 1. The first-order valence-corrected chi connectivity index (χ1v) is 9.29. The first-order chi connectivity index (χ1) is 13.6. The predicted octanol–water partition coefficient (Wildman–Crippen LogP) is 2.94. The maximum absolute atomic E-state index is 13.6. The lowest BCUT2D eigenvalue weighted by atomic mass is 10.1. The van der Waals surface area contributed by atoms with Crippen LogP contribution in [0.25, 0.3) is 0 Å². The van der Waals surface area contributed by atoms with E-state index in [-0.39, 0.29) is 25.1 Å². The summed E-state index contributed by atoms with van der Waals surface area (Å²) in [5, 5.41) is 13.0. The van der Waals surface area contributed by atoms with Crippen LogP contribution < -0.4 is 10.1 Å². The van der Waals surface area contributed by atoms with Crippen LogP contribution in [-0.4, -0.2) is 35.7 Å². The third kappa shape index (κ3) is 8.01. The van der Waals surface area contributed by atoms with Crippen LogP contribution in [0.2, 0.25) is 0 Å². The number of hydrogen-bond donors (Lipinski definition) is 2. The molecule has 2 N–H and O–H groups in total. The molecule has 6 nitrogen and oxygen atoms in total. The molecule has 0 radical (unpaired) electrons. The van der Waals surface area contributed by atoms with Crippen LogP contribution in [0.5, 0.6) is 5.75 Å². The molecular formula is C22H26FNO5. The molecule has 0 spiro atoms. The largest absolute Gasteiger partial charge is 0.459 e. The number of rotatable bonds is 8. The standard InChI is InChI=1S/C22H26FNO5/c1-22(2,3)29-21(27)14-24-13-19(25)15-8-10-17(11-9-15)28-20(26)12-16-6-4-5-7-18(16)23/h4-11,19,24-25H,12-14H2,1-3H3. The number of esters is 2. The summed E-state index contributed by atoms with van der Waals surface area (Å²) in [7, 11) is 0. The molecule has 2 aromatic carbocycles. The minimum absolute atomic E-state index is 0.0138. The molecule has 1 unspecified atom stereocenters. The molecule has 7 heteroatoms. The fourth-order valence-electron chi connectivity index (χ4n) is 2.53. The van der Waals surface area contributed by atoms with Crippen molar-refractivity contribution in [1.82, 2.24) is 5.32 Å².